The summed E-state index contributed by atoms with van der Waals surface area (Å²) in [6.45, 7) is 8.14. The Labute approximate surface area is 174 Å². The fourth-order valence-corrected chi connectivity index (χ4v) is 4.07. The number of sulfonamides is 1. The van der Waals surface area contributed by atoms with E-state index in [0.717, 1.165) is 0 Å². The molecule has 28 heavy (non-hydrogen) atoms. The van der Waals surface area contributed by atoms with Crippen molar-refractivity contribution in [3.63, 3.8) is 0 Å². The minimum atomic E-state index is -3.86. The fraction of sp³-hybridized carbons (Fsp3) is 0.350. The van der Waals surface area contributed by atoms with Crippen LogP contribution in [0.25, 0.3) is 0 Å². The number of benzene rings is 2. The van der Waals surface area contributed by atoms with E-state index in [9.17, 15) is 13.2 Å². The Balaban J connectivity index is 2.20. The molecule has 0 aliphatic heterocycles. The molecule has 0 radical (unpaired) electrons. The van der Waals surface area contributed by atoms with Gasteiger partial charge in [0.2, 0.25) is 0 Å². The molecule has 0 saturated heterocycles. The van der Waals surface area contributed by atoms with Crippen molar-refractivity contribution in [2.45, 2.75) is 38.6 Å². The van der Waals surface area contributed by atoms with Gasteiger partial charge in [-0.25, -0.2) is 8.42 Å². The highest BCUT2D eigenvalue weighted by Gasteiger charge is 2.21. The van der Waals surface area contributed by atoms with E-state index < -0.39 is 10.0 Å². The van der Waals surface area contributed by atoms with E-state index in [4.69, 9.17) is 4.74 Å². The Hall–Kier alpha value is -2.06. The molecule has 0 spiro atoms. The molecule has 1 unspecified atom stereocenters. The van der Waals surface area contributed by atoms with Crippen LogP contribution in [0.3, 0.4) is 0 Å². The monoisotopic (exact) mass is 468 g/mol. The average Bonchev–Trinajstić information content (AvgIpc) is 2.63. The summed E-state index contributed by atoms with van der Waals surface area (Å²) in [6.07, 6.45) is 0. The van der Waals surface area contributed by atoms with Crippen molar-refractivity contribution in [2.24, 2.45) is 5.92 Å². The third-order valence-electron chi connectivity index (χ3n) is 4.25. The zero-order valence-electron chi connectivity index (χ0n) is 16.3. The molecule has 6 nitrogen and oxygen atoms in total. The van der Waals surface area contributed by atoms with Crippen LogP contribution < -0.4 is 14.8 Å². The van der Waals surface area contributed by atoms with E-state index in [2.05, 4.69) is 26.0 Å². The summed E-state index contributed by atoms with van der Waals surface area (Å²) in [7, 11) is -3.86. The van der Waals surface area contributed by atoms with Crippen LogP contribution in [0.2, 0.25) is 0 Å². The van der Waals surface area contributed by atoms with Crippen molar-refractivity contribution in [3.8, 4) is 5.75 Å². The van der Waals surface area contributed by atoms with Crippen molar-refractivity contribution in [1.82, 2.24) is 5.32 Å². The van der Waals surface area contributed by atoms with Gasteiger partial charge < -0.3 is 10.1 Å². The molecule has 0 bridgehead atoms. The van der Waals surface area contributed by atoms with Crippen LogP contribution in [0, 0.1) is 5.92 Å². The second-order valence-electron chi connectivity index (χ2n) is 6.71. The highest BCUT2D eigenvalue weighted by molar-refractivity contribution is 9.10. The minimum absolute atomic E-state index is 0.0382. The number of carbonyl (C=O) groups excluding carboxylic acids is 1. The predicted octanol–water partition coefficient (Wildman–Crippen LogP) is 4.42. The highest BCUT2D eigenvalue weighted by atomic mass is 79.9. The van der Waals surface area contributed by atoms with E-state index >= 15 is 0 Å². The summed E-state index contributed by atoms with van der Waals surface area (Å²) in [5, 5.41) is 2.92. The molecule has 8 heteroatoms. The molecule has 1 atom stereocenters. The summed E-state index contributed by atoms with van der Waals surface area (Å²) < 4.78 is 34.2. The van der Waals surface area contributed by atoms with Gasteiger partial charge in [-0.15, -0.1) is 0 Å². The van der Waals surface area contributed by atoms with Gasteiger partial charge in [-0.3, -0.25) is 9.52 Å². The van der Waals surface area contributed by atoms with Gasteiger partial charge in [0.15, 0.2) is 0 Å². The number of ether oxygens (including phenoxy) is 1. The molecular formula is C20H25BrN2O4S. The first-order valence-electron chi connectivity index (χ1n) is 9.00. The molecule has 0 saturated carbocycles. The van der Waals surface area contributed by atoms with E-state index in [1.54, 1.807) is 43.3 Å². The smallest absolute Gasteiger partial charge is 0.265 e. The molecule has 1 amide bonds. The molecule has 2 aromatic carbocycles. The van der Waals surface area contributed by atoms with Crippen molar-refractivity contribution in [3.05, 3.63) is 52.5 Å². The predicted molar refractivity (Wildman–Crippen MR) is 114 cm³/mol. The van der Waals surface area contributed by atoms with Crippen LogP contribution in [-0.2, 0) is 10.0 Å². The van der Waals surface area contributed by atoms with Gasteiger partial charge in [0.25, 0.3) is 15.9 Å². The average molecular weight is 469 g/mol. The lowest BCUT2D eigenvalue weighted by atomic mass is 10.1. The summed E-state index contributed by atoms with van der Waals surface area (Å²) in [5.74, 6) is 0.401. The Morgan fingerprint density at radius 3 is 2.32 bits per heavy atom. The first-order valence-corrected chi connectivity index (χ1v) is 11.3. The lowest BCUT2D eigenvalue weighted by molar-refractivity contribution is 0.0930. The summed E-state index contributed by atoms with van der Waals surface area (Å²) in [4.78, 5) is 12.3. The highest BCUT2D eigenvalue weighted by Crippen LogP contribution is 2.29. The zero-order valence-corrected chi connectivity index (χ0v) is 18.7. The molecule has 0 aliphatic rings. The van der Waals surface area contributed by atoms with Gasteiger partial charge >= 0.3 is 0 Å². The standard InChI is InChI=1S/C20H25BrN2O4S/c1-5-27-18-11-8-16(21)12-19(18)28(25,26)23-17-9-6-15(7-10-17)20(24)22-14(4)13(2)3/h6-14,23H,5H2,1-4H3,(H,22,24). The van der Waals surface area contributed by atoms with E-state index in [1.807, 2.05) is 20.8 Å². The van der Waals surface area contributed by atoms with Crippen LogP contribution in [0.4, 0.5) is 5.69 Å². The van der Waals surface area contributed by atoms with Crippen LogP contribution >= 0.6 is 15.9 Å². The fourth-order valence-electron chi connectivity index (χ4n) is 2.32. The maximum Gasteiger partial charge on any atom is 0.265 e. The molecule has 2 N–H and O–H groups in total. The van der Waals surface area contributed by atoms with Crippen molar-refractivity contribution in [1.29, 1.82) is 0 Å². The molecule has 0 aliphatic carbocycles. The van der Waals surface area contributed by atoms with E-state index in [1.165, 1.54) is 6.07 Å². The number of carbonyl (C=O) groups is 1. The van der Waals surface area contributed by atoms with Gasteiger partial charge in [0, 0.05) is 21.8 Å². The summed E-state index contributed by atoms with van der Waals surface area (Å²) in [5.41, 5.74) is 0.823. The van der Waals surface area contributed by atoms with Gasteiger partial charge in [-0.1, -0.05) is 29.8 Å². The van der Waals surface area contributed by atoms with E-state index in [-0.39, 0.29) is 22.6 Å². The molecule has 0 aromatic heterocycles. The number of halogens is 1. The minimum Gasteiger partial charge on any atom is -0.492 e. The molecule has 2 rings (SSSR count). The molecule has 0 fully saturated rings. The number of anilines is 1. The van der Waals surface area contributed by atoms with Crippen LogP contribution in [0.1, 0.15) is 38.1 Å². The lowest BCUT2D eigenvalue weighted by Crippen LogP contribution is -2.36. The summed E-state index contributed by atoms with van der Waals surface area (Å²) in [6, 6.07) is 11.1. The topological polar surface area (TPSA) is 84.5 Å². The number of amides is 1. The van der Waals surface area contributed by atoms with Crippen molar-refractivity contribution >= 4 is 37.5 Å². The maximum atomic E-state index is 12.8. The van der Waals surface area contributed by atoms with E-state index in [0.29, 0.717) is 28.2 Å². The summed E-state index contributed by atoms with van der Waals surface area (Å²) >= 11 is 3.29. The Bertz CT molecular complexity index is 928. The van der Waals surface area contributed by atoms with Gasteiger partial charge in [-0.2, -0.15) is 0 Å². The Morgan fingerprint density at radius 2 is 1.75 bits per heavy atom. The Kier molecular flexibility index (Phi) is 7.48. The third-order valence-corrected chi connectivity index (χ3v) is 6.15. The van der Waals surface area contributed by atoms with Crippen LogP contribution in [0.15, 0.2) is 51.8 Å². The number of nitrogens with one attached hydrogen (secondary N) is 2. The number of rotatable bonds is 8. The second kappa shape index (κ2) is 9.43. The van der Waals surface area contributed by atoms with Crippen molar-refractivity contribution in [2.75, 3.05) is 11.3 Å². The van der Waals surface area contributed by atoms with Gasteiger partial charge in [0.1, 0.15) is 10.6 Å². The maximum absolute atomic E-state index is 12.8. The molecule has 152 valence electrons. The normalized spacial score (nSPS) is 12.5. The number of hydrogen-bond acceptors (Lipinski definition) is 4. The first kappa shape index (κ1) is 22.2. The molecule has 0 heterocycles. The second-order valence-corrected chi connectivity index (χ2v) is 9.28. The Morgan fingerprint density at radius 1 is 1.11 bits per heavy atom. The molecule has 2 aromatic rings. The van der Waals surface area contributed by atoms with Gasteiger partial charge in [-0.05, 0) is 62.2 Å². The molecular weight excluding hydrogens is 444 g/mol. The third kappa shape index (κ3) is 5.72. The first-order chi connectivity index (χ1) is 13.1. The van der Waals surface area contributed by atoms with Gasteiger partial charge in [0.05, 0.1) is 6.61 Å². The van der Waals surface area contributed by atoms with Crippen molar-refractivity contribution < 1.29 is 17.9 Å². The quantitative estimate of drug-likeness (QED) is 0.600. The zero-order chi connectivity index (χ0) is 20.9. The van der Waals surface area contributed by atoms with Crippen LogP contribution in [-0.4, -0.2) is 27.0 Å². The number of hydrogen-bond donors (Lipinski definition) is 2. The lowest BCUT2D eigenvalue weighted by Gasteiger charge is -2.17. The SMILES string of the molecule is CCOc1ccc(Br)cc1S(=O)(=O)Nc1ccc(C(=O)NC(C)C(C)C)cc1. The van der Waals surface area contributed by atoms with Crippen LogP contribution in [0.5, 0.6) is 5.75 Å². The largest absolute Gasteiger partial charge is 0.492 e.